The first kappa shape index (κ1) is 23.5. The molecule has 0 N–H and O–H groups in total. The first-order valence-corrected chi connectivity index (χ1v) is 12.3. The molecule has 1 heterocycles. The second-order valence-corrected chi connectivity index (χ2v) is 9.99. The summed E-state index contributed by atoms with van der Waals surface area (Å²) in [6.45, 7) is 3.00. The number of nitro benzene ring substituents is 1. The monoisotopic (exact) mass is 451 g/mol. The number of rotatable bonds is 10. The minimum atomic E-state index is -4.02. The van der Waals surface area contributed by atoms with Crippen molar-refractivity contribution >= 4 is 31.5 Å². The molecule has 0 unspecified atom stereocenters. The van der Waals surface area contributed by atoms with E-state index < -0.39 is 25.1 Å². The number of ether oxygens (including phenoxy) is 1. The normalized spacial score (nSPS) is 15.9. The van der Waals surface area contributed by atoms with E-state index >= 15 is 0 Å². The number of benzene rings is 1. The lowest BCUT2D eigenvalue weighted by atomic mass is 10.2. The summed E-state index contributed by atoms with van der Waals surface area (Å²) in [7, 11) is -7.66. The Bertz CT molecular complexity index is 927. The molecule has 13 heteroatoms. The van der Waals surface area contributed by atoms with Crippen LogP contribution in [-0.4, -0.2) is 78.3 Å². The van der Waals surface area contributed by atoms with Crippen LogP contribution in [0.15, 0.2) is 23.1 Å². The van der Waals surface area contributed by atoms with Gasteiger partial charge in [-0.05, 0) is 12.5 Å². The van der Waals surface area contributed by atoms with Gasteiger partial charge in [0.15, 0.2) is 0 Å². The Morgan fingerprint density at radius 3 is 2.41 bits per heavy atom. The molecule has 11 nitrogen and oxygen atoms in total. The Hall–Kier alpha value is -1.80. The van der Waals surface area contributed by atoms with Crippen LogP contribution in [0.4, 0.5) is 11.4 Å². The lowest BCUT2D eigenvalue weighted by Gasteiger charge is -2.30. The molecule has 0 radical (unpaired) electrons. The molecule has 0 aliphatic carbocycles. The number of non-ortho nitro benzene ring substituents is 1. The molecule has 1 fully saturated rings. The van der Waals surface area contributed by atoms with Gasteiger partial charge in [0.2, 0.25) is 10.0 Å². The summed E-state index contributed by atoms with van der Waals surface area (Å²) in [5.74, 6) is 0. The van der Waals surface area contributed by atoms with Gasteiger partial charge in [-0.1, -0.05) is 6.92 Å². The van der Waals surface area contributed by atoms with Crippen molar-refractivity contribution in [2.24, 2.45) is 0 Å². The fourth-order valence-electron chi connectivity index (χ4n) is 2.93. The Balaban J connectivity index is 2.46. The van der Waals surface area contributed by atoms with Crippen LogP contribution in [0.1, 0.15) is 13.3 Å². The topological polar surface area (TPSA) is 136 Å². The molecule has 0 atom stereocenters. The van der Waals surface area contributed by atoms with E-state index in [1.165, 1.54) is 16.4 Å². The summed E-state index contributed by atoms with van der Waals surface area (Å²) in [5.41, 5.74) is -0.0783. The zero-order valence-electron chi connectivity index (χ0n) is 16.3. The highest BCUT2D eigenvalue weighted by Gasteiger charge is 2.31. The second kappa shape index (κ2) is 9.80. The number of hydrogen-bond acceptors (Lipinski definition) is 9. The molecule has 0 amide bonds. The van der Waals surface area contributed by atoms with Crippen molar-refractivity contribution < 1.29 is 30.7 Å². The molecule has 0 spiro atoms. The molecule has 1 aliphatic rings. The average molecular weight is 452 g/mol. The first-order valence-electron chi connectivity index (χ1n) is 9.02. The van der Waals surface area contributed by atoms with Gasteiger partial charge in [-0.2, -0.15) is 12.7 Å². The van der Waals surface area contributed by atoms with Crippen LogP contribution in [0.2, 0.25) is 0 Å². The predicted octanol–water partition coefficient (Wildman–Crippen LogP) is 0.808. The molecule has 1 aliphatic heterocycles. The van der Waals surface area contributed by atoms with Crippen molar-refractivity contribution in [1.82, 2.24) is 4.31 Å². The Kier molecular flexibility index (Phi) is 7.94. The zero-order valence-corrected chi connectivity index (χ0v) is 17.9. The maximum Gasteiger partial charge on any atom is 0.270 e. The molecule has 29 heavy (non-hydrogen) atoms. The molecule has 2 rings (SSSR count). The van der Waals surface area contributed by atoms with Crippen molar-refractivity contribution in [2.75, 3.05) is 57.2 Å². The van der Waals surface area contributed by atoms with E-state index in [-0.39, 0.29) is 55.7 Å². The van der Waals surface area contributed by atoms with Gasteiger partial charge in [0.25, 0.3) is 15.8 Å². The van der Waals surface area contributed by atoms with Gasteiger partial charge in [0.05, 0.1) is 36.7 Å². The van der Waals surface area contributed by atoms with Crippen LogP contribution < -0.4 is 4.90 Å². The number of nitro groups is 1. The van der Waals surface area contributed by atoms with Crippen molar-refractivity contribution in [3.8, 4) is 0 Å². The van der Waals surface area contributed by atoms with Crippen LogP contribution in [-0.2, 0) is 29.1 Å². The number of sulfonamides is 1. The molecule has 0 bridgehead atoms. The third-order valence-corrected chi connectivity index (χ3v) is 6.76. The van der Waals surface area contributed by atoms with Gasteiger partial charge in [-0.3, -0.25) is 14.3 Å². The van der Waals surface area contributed by atoms with E-state index in [2.05, 4.69) is 0 Å². The number of nitrogens with zero attached hydrogens (tertiary/aromatic N) is 3. The van der Waals surface area contributed by atoms with Gasteiger partial charge in [0, 0.05) is 38.3 Å². The van der Waals surface area contributed by atoms with Gasteiger partial charge >= 0.3 is 0 Å². The largest absolute Gasteiger partial charge is 0.379 e. The fraction of sp³-hybridized carbons (Fsp3) is 0.625. The van der Waals surface area contributed by atoms with E-state index in [1.807, 2.05) is 6.92 Å². The Morgan fingerprint density at radius 2 is 1.86 bits per heavy atom. The third kappa shape index (κ3) is 6.34. The summed E-state index contributed by atoms with van der Waals surface area (Å²) in [6.07, 6.45) is 1.57. The number of anilines is 1. The van der Waals surface area contributed by atoms with Crippen LogP contribution in [0.3, 0.4) is 0 Å². The summed E-state index contributed by atoms with van der Waals surface area (Å²) in [5, 5.41) is 11.2. The van der Waals surface area contributed by atoms with Crippen LogP contribution in [0.25, 0.3) is 0 Å². The molecule has 1 aromatic rings. The maximum atomic E-state index is 13.2. The molecule has 1 saturated heterocycles. The van der Waals surface area contributed by atoms with E-state index in [0.29, 0.717) is 13.0 Å². The van der Waals surface area contributed by atoms with Gasteiger partial charge in [0.1, 0.15) is 4.90 Å². The number of hydrogen-bond donors (Lipinski definition) is 0. The Labute approximate surface area is 170 Å². The summed E-state index contributed by atoms with van der Waals surface area (Å²) < 4.78 is 60.1. The standard InChI is InChI=1S/C16H25N3O8S2/c1-3-6-17(7-12-27-28(2,22)23)15-5-4-14(19(20)21)13-16(15)29(24,25)18-8-10-26-11-9-18/h4-5,13H,3,6-12H2,1-2H3. The van der Waals surface area contributed by atoms with E-state index in [9.17, 15) is 26.9 Å². The van der Waals surface area contributed by atoms with E-state index in [1.54, 1.807) is 4.90 Å². The quantitative estimate of drug-likeness (QED) is 0.287. The summed E-state index contributed by atoms with van der Waals surface area (Å²) in [6, 6.07) is 3.65. The van der Waals surface area contributed by atoms with E-state index in [4.69, 9.17) is 8.92 Å². The highest BCUT2D eigenvalue weighted by atomic mass is 32.2. The third-order valence-electron chi connectivity index (χ3n) is 4.23. The summed E-state index contributed by atoms with van der Waals surface area (Å²) >= 11 is 0. The molecular weight excluding hydrogens is 426 g/mol. The minimum Gasteiger partial charge on any atom is -0.379 e. The van der Waals surface area contributed by atoms with E-state index in [0.717, 1.165) is 12.3 Å². The lowest BCUT2D eigenvalue weighted by Crippen LogP contribution is -2.41. The number of morpholine rings is 1. The smallest absolute Gasteiger partial charge is 0.270 e. The van der Waals surface area contributed by atoms with Gasteiger partial charge < -0.3 is 9.64 Å². The molecular formula is C16H25N3O8S2. The highest BCUT2D eigenvalue weighted by Crippen LogP contribution is 2.32. The SMILES string of the molecule is CCCN(CCOS(C)(=O)=O)c1ccc([N+](=O)[O-])cc1S(=O)(=O)N1CCOCC1. The van der Waals surface area contributed by atoms with Crippen molar-refractivity contribution in [1.29, 1.82) is 0 Å². The zero-order chi connectivity index (χ0) is 21.7. The van der Waals surface area contributed by atoms with Gasteiger partial charge in [-0.25, -0.2) is 8.42 Å². The van der Waals surface area contributed by atoms with Crippen LogP contribution in [0.5, 0.6) is 0 Å². The molecule has 1 aromatic carbocycles. The highest BCUT2D eigenvalue weighted by molar-refractivity contribution is 7.89. The van der Waals surface area contributed by atoms with Crippen LogP contribution >= 0.6 is 0 Å². The maximum absolute atomic E-state index is 13.2. The fourth-order valence-corrected chi connectivity index (χ4v) is 4.95. The first-order chi connectivity index (χ1) is 13.6. The average Bonchev–Trinajstić information content (AvgIpc) is 2.66. The predicted molar refractivity (Wildman–Crippen MR) is 106 cm³/mol. The Morgan fingerprint density at radius 1 is 1.21 bits per heavy atom. The molecule has 0 saturated carbocycles. The molecule has 0 aromatic heterocycles. The van der Waals surface area contributed by atoms with Crippen molar-refractivity contribution in [3.05, 3.63) is 28.3 Å². The lowest BCUT2D eigenvalue weighted by molar-refractivity contribution is -0.385. The second-order valence-electron chi connectivity index (χ2n) is 6.44. The van der Waals surface area contributed by atoms with Crippen molar-refractivity contribution in [3.63, 3.8) is 0 Å². The van der Waals surface area contributed by atoms with Crippen molar-refractivity contribution in [2.45, 2.75) is 18.2 Å². The van der Waals surface area contributed by atoms with Gasteiger partial charge in [-0.15, -0.1) is 0 Å². The summed E-state index contributed by atoms with van der Waals surface area (Å²) in [4.78, 5) is 12.0. The minimum absolute atomic E-state index is 0.102. The molecule has 164 valence electrons. The van der Waals surface area contributed by atoms with Crippen LogP contribution in [0, 0.1) is 10.1 Å².